The summed E-state index contributed by atoms with van der Waals surface area (Å²) in [6, 6.07) is 6.61. The van der Waals surface area contributed by atoms with Gasteiger partial charge in [-0.15, -0.1) is 0 Å². The number of nitrogens with two attached hydrogens (primary N) is 1. The first-order valence-electron chi connectivity index (χ1n) is 5.96. The van der Waals surface area contributed by atoms with E-state index in [4.69, 9.17) is 5.73 Å². The van der Waals surface area contributed by atoms with Crippen LogP contribution in [0, 0.1) is 5.82 Å². The predicted molar refractivity (Wildman–Crippen MR) is 77.7 cm³/mol. The van der Waals surface area contributed by atoms with Crippen LogP contribution in [0.15, 0.2) is 47.9 Å². The standard InChI is InChI=1S/C14H11FN4S/c15-11-6-9-2-1-3-17-12(9)10(7-11)8-20-14-13(16)18-4-5-19-14/h1-7H,8H2,(H2,16,18). The fraction of sp³-hybridized carbons (Fsp3) is 0.0714. The summed E-state index contributed by atoms with van der Waals surface area (Å²) in [6.07, 6.45) is 4.82. The molecule has 2 heterocycles. The van der Waals surface area contributed by atoms with Crippen LogP contribution in [0.2, 0.25) is 0 Å². The average molecular weight is 286 g/mol. The van der Waals surface area contributed by atoms with Crippen molar-refractivity contribution in [1.29, 1.82) is 0 Å². The Morgan fingerprint density at radius 2 is 1.95 bits per heavy atom. The molecule has 3 aromatic rings. The molecular weight excluding hydrogens is 275 g/mol. The molecule has 0 aliphatic carbocycles. The number of anilines is 1. The number of thioether (sulfide) groups is 1. The Morgan fingerprint density at radius 3 is 2.80 bits per heavy atom. The van der Waals surface area contributed by atoms with Gasteiger partial charge < -0.3 is 5.73 Å². The van der Waals surface area contributed by atoms with Gasteiger partial charge in [0.25, 0.3) is 0 Å². The SMILES string of the molecule is Nc1nccnc1SCc1cc(F)cc2cccnc12. The van der Waals surface area contributed by atoms with Gasteiger partial charge in [0, 0.05) is 29.7 Å². The summed E-state index contributed by atoms with van der Waals surface area (Å²) in [5.41, 5.74) is 7.35. The highest BCUT2D eigenvalue weighted by molar-refractivity contribution is 7.98. The molecule has 100 valence electrons. The summed E-state index contributed by atoms with van der Waals surface area (Å²) in [7, 11) is 0. The molecule has 1 aromatic carbocycles. The van der Waals surface area contributed by atoms with Crippen LogP contribution in [0.3, 0.4) is 0 Å². The lowest BCUT2D eigenvalue weighted by Crippen LogP contribution is -1.96. The van der Waals surface area contributed by atoms with Gasteiger partial charge in [0.2, 0.25) is 0 Å². The zero-order chi connectivity index (χ0) is 13.9. The third-order valence-electron chi connectivity index (χ3n) is 2.80. The Balaban J connectivity index is 1.93. The van der Waals surface area contributed by atoms with Gasteiger partial charge in [0.1, 0.15) is 10.8 Å². The Labute approximate surface area is 119 Å². The molecule has 0 atom stereocenters. The molecule has 0 aliphatic rings. The van der Waals surface area contributed by atoms with E-state index in [0.29, 0.717) is 16.6 Å². The number of hydrogen-bond donors (Lipinski definition) is 1. The molecule has 3 rings (SSSR count). The summed E-state index contributed by atoms with van der Waals surface area (Å²) in [5.74, 6) is 0.646. The van der Waals surface area contributed by atoms with E-state index in [2.05, 4.69) is 15.0 Å². The summed E-state index contributed by atoms with van der Waals surface area (Å²) in [4.78, 5) is 12.4. The van der Waals surface area contributed by atoms with E-state index < -0.39 is 0 Å². The van der Waals surface area contributed by atoms with Crippen LogP contribution in [0.4, 0.5) is 10.2 Å². The maximum absolute atomic E-state index is 13.6. The minimum absolute atomic E-state index is 0.270. The highest BCUT2D eigenvalue weighted by Crippen LogP contribution is 2.28. The zero-order valence-electron chi connectivity index (χ0n) is 10.5. The lowest BCUT2D eigenvalue weighted by molar-refractivity contribution is 0.628. The Morgan fingerprint density at radius 1 is 1.10 bits per heavy atom. The predicted octanol–water partition coefficient (Wildman–Crippen LogP) is 3.04. The highest BCUT2D eigenvalue weighted by atomic mass is 32.2. The Kier molecular flexibility index (Phi) is 3.47. The van der Waals surface area contributed by atoms with Crippen molar-refractivity contribution >= 4 is 28.5 Å². The van der Waals surface area contributed by atoms with Gasteiger partial charge in [0.15, 0.2) is 5.82 Å². The molecule has 0 saturated heterocycles. The van der Waals surface area contributed by atoms with Crippen molar-refractivity contribution in [3.8, 4) is 0 Å². The fourth-order valence-electron chi connectivity index (χ4n) is 1.93. The van der Waals surface area contributed by atoms with E-state index >= 15 is 0 Å². The van der Waals surface area contributed by atoms with E-state index in [1.807, 2.05) is 6.07 Å². The van der Waals surface area contributed by atoms with Crippen LogP contribution < -0.4 is 5.73 Å². The van der Waals surface area contributed by atoms with Crippen molar-refractivity contribution < 1.29 is 4.39 Å². The van der Waals surface area contributed by atoms with Gasteiger partial charge in [-0.2, -0.15) is 0 Å². The molecule has 2 aromatic heterocycles. The molecule has 0 fully saturated rings. The lowest BCUT2D eigenvalue weighted by Gasteiger charge is -2.06. The van der Waals surface area contributed by atoms with Crippen LogP contribution in [0.25, 0.3) is 10.9 Å². The van der Waals surface area contributed by atoms with Gasteiger partial charge in [-0.1, -0.05) is 17.8 Å². The van der Waals surface area contributed by atoms with Crippen LogP contribution >= 0.6 is 11.8 Å². The number of benzene rings is 1. The van der Waals surface area contributed by atoms with E-state index in [1.165, 1.54) is 23.9 Å². The van der Waals surface area contributed by atoms with Gasteiger partial charge >= 0.3 is 0 Å². The maximum Gasteiger partial charge on any atom is 0.156 e. The van der Waals surface area contributed by atoms with Crippen molar-refractivity contribution in [3.05, 3.63) is 54.2 Å². The third kappa shape index (κ3) is 2.55. The summed E-state index contributed by atoms with van der Waals surface area (Å²) in [6.45, 7) is 0. The molecule has 0 unspecified atom stereocenters. The normalized spacial score (nSPS) is 10.8. The molecule has 20 heavy (non-hydrogen) atoms. The quantitative estimate of drug-likeness (QED) is 0.750. The molecule has 0 amide bonds. The largest absolute Gasteiger partial charge is 0.381 e. The third-order valence-corrected chi connectivity index (χ3v) is 3.85. The molecule has 0 aliphatic heterocycles. The van der Waals surface area contributed by atoms with Crippen molar-refractivity contribution in [1.82, 2.24) is 15.0 Å². The van der Waals surface area contributed by atoms with Crippen LogP contribution in [-0.4, -0.2) is 15.0 Å². The van der Waals surface area contributed by atoms with Crippen LogP contribution in [-0.2, 0) is 5.75 Å². The number of halogens is 1. The zero-order valence-corrected chi connectivity index (χ0v) is 11.3. The number of nitrogens with zero attached hydrogens (tertiary/aromatic N) is 3. The van der Waals surface area contributed by atoms with Crippen molar-refractivity contribution in [2.24, 2.45) is 0 Å². The monoisotopic (exact) mass is 286 g/mol. The van der Waals surface area contributed by atoms with Gasteiger partial charge in [0.05, 0.1) is 5.52 Å². The van der Waals surface area contributed by atoms with E-state index in [9.17, 15) is 4.39 Å². The van der Waals surface area contributed by atoms with E-state index in [0.717, 1.165) is 16.5 Å². The lowest BCUT2D eigenvalue weighted by atomic mass is 10.1. The number of rotatable bonds is 3. The van der Waals surface area contributed by atoms with E-state index in [1.54, 1.807) is 24.7 Å². The van der Waals surface area contributed by atoms with E-state index in [-0.39, 0.29) is 5.82 Å². The molecule has 0 saturated carbocycles. The number of fused-ring (bicyclic) bond motifs is 1. The molecule has 2 N–H and O–H groups in total. The Hall–Kier alpha value is -2.21. The van der Waals surface area contributed by atoms with Gasteiger partial charge in [-0.05, 0) is 23.8 Å². The summed E-state index contributed by atoms with van der Waals surface area (Å²) in [5, 5.41) is 1.43. The highest BCUT2D eigenvalue weighted by Gasteiger charge is 2.08. The fourth-order valence-corrected chi connectivity index (χ4v) is 2.78. The molecular formula is C14H11FN4S. The minimum Gasteiger partial charge on any atom is -0.381 e. The topological polar surface area (TPSA) is 64.7 Å². The first kappa shape index (κ1) is 12.8. The second-order valence-electron chi connectivity index (χ2n) is 4.18. The number of nitrogen functional groups attached to an aromatic ring is 1. The average Bonchev–Trinajstić information content (AvgIpc) is 2.46. The smallest absolute Gasteiger partial charge is 0.156 e. The maximum atomic E-state index is 13.6. The molecule has 0 spiro atoms. The number of aromatic nitrogens is 3. The number of pyridine rings is 1. The molecule has 0 bridgehead atoms. The molecule has 6 heteroatoms. The van der Waals surface area contributed by atoms with Crippen molar-refractivity contribution in [2.45, 2.75) is 10.8 Å². The molecule has 0 radical (unpaired) electrons. The summed E-state index contributed by atoms with van der Waals surface area (Å²) < 4.78 is 13.6. The summed E-state index contributed by atoms with van der Waals surface area (Å²) >= 11 is 1.42. The first-order valence-corrected chi connectivity index (χ1v) is 6.95. The van der Waals surface area contributed by atoms with Crippen LogP contribution in [0.1, 0.15) is 5.56 Å². The second-order valence-corrected chi connectivity index (χ2v) is 5.14. The van der Waals surface area contributed by atoms with Gasteiger partial charge in [-0.3, -0.25) is 4.98 Å². The van der Waals surface area contributed by atoms with Crippen LogP contribution in [0.5, 0.6) is 0 Å². The van der Waals surface area contributed by atoms with Gasteiger partial charge in [-0.25, -0.2) is 14.4 Å². The van der Waals surface area contributed by atoms with Crippen molar-refractivity contribution in [2.75, 3.05) is 5.73 Å². The Bertz CT molecular complexity index is 763. The second kappa shape index (κ2) is 5.42. The van der Waals surface area contributed by atoms with Crippen molar-refractivity contribution in [3.63, 3.8) is 0 Å². The molecule has 4 nitrogen and oxygen atoms in total. The number of hydrogen-bond acceptors (Lipinski definition) is 5. The first-order chi connectivity index (χ1) is 9.74. The minimum atomic E-state index is -0.270.